The molecule has 52 nitrogen and oxygen atoms in total. The second-order valence-corrected chi connectivity index (χ2v) is 29.2. The number of nitrogens with one attached hydrogen (secondary N) is 20. The normalized spacial score (nSPS) is 16.0. The predicted molar refractivity (Wildman–Crippen MR) is 438 cm³/mol. The third kappa shape index (κ3) is 39.2. The number of hydrogen-bond acceptors (Lipinski definition) is 28. The molecule has 1 fully saturated rings. The summed E-state index contributed by atoms with van der Waals surface area (Å²) in [6.07, 6.45) is -8.31. The molecule has 124 heavy (non-hydrogen) atoms. The van der Waals surface area contributed by atoms with Gasteiger partial charge >= 0.3 is 5.97 Å². The molecule has 0 radical (unpaired) electrons. The van der Waals surface area contributed by atoms with Crippen molar-refractivity contribution in [2.75, 3.05) is 45.1 Å². The number of guanidine groups is 3. The van der Waals surface area contributed by atoms with Crippen molar-refractivity contribution >= 4 is 143 Å². The molecule has 0 spiro atoms. The molecule has 692 valence electrons. The number of aliphatic hydroxyl groups excluding tert-OH is 4. The molecule has 1 saturated heterocycles. The number of aliphatic hydroxyl groups is 4. The van der Waals surface area contributed by atoms with Gasteiger partial charge in [0.2, 0.25) is 106 Å². The van der Waals surface area contributed by atoms with Crippen LogP contribution in [0.4, 0.5) is 0 Å². The zero-order valence-electron chi connectivity index (χ0n) is 68.8. The lowest BCUT2D eigenvalue weighted by molar-refractivity contribution is -0.143. The minimum absolute atomic E-state index is 0.00809. The maximum absolute atomic E-state index is 14.7. The highest BCUT2D eigenvalue weighted by molar-refractivity contribution is 7.80. The first-order valence-electron chi connectivity index (χ1n) is 39.0. The van der Waals surface area contributed by atoms with Crippen LogP contribution in [0.15, 0.2) is 24.3 Å². The molecule has 1 aliphatic rings. The number of phenols is 1. The maximum Gasteiger partial charge on any atom is 0.327 e. The van der Waals surface area contributed by atoms with Gasteiger partial charge in [0.25, 0.3) is 0 Å². The van der Waals surface area contributed by atoms with Crippen LogP contribution in [-0.4, -0.2) is 314 Å². The Morgan fingerprint density at radius 3 is 1.19 bits per heavy atom. The Labute approximate surface area is 715 Å². The fourth-order valence-electron chi connectivity index (χ4n) is 11.9. The van der Waals surface area contributed by atoms with Crippen LogP contribution in [0, 0.1) is 16.2 Å². The van der Waals surface area contributed by atoms with Gasteiger partial charge in [0.15, 0.2) is 17.9 Å². The van der Waals surface area contributed by atoms with Crippen molar-refractivity contribution < 1.29 is 122 Å². The quantitative estimate of drug-likeness (QED) is 0.0125. The molecule has 1 aromatic carbocycles. The monoisotopic (exact) mass is 1780 g/mol. The van der Waals surface area contributed by atoms with Crippen molar-refractivity contribution in [2.24, 2.45) is 34.4 Å². The smallest absolute Gasteiger partial charge is 0.327 e. The average molecular weight is 1780 g/mol. The van der Waals surface area contributed by atoms with Gasteiger partial charge in [0.1, 0.15) is 96.4 Å². The predicted octanol–water partition coefficient (Wildman–Crippen LogP) is -14.3. The summed E-state index contributed by atoms with van der Waals surface area (Å²) in [7, 11) is 0. The number of aliphatic carboxylic acids is 1. The van der Waals surface area contributed by atoms with Crippen LogP contribution in [0.5, 0.6) is 5.75 Å². The number of carboxylic acid groups (broad SMARTS) is 1. The standard InChI is InChI=1S/C71H117N27O25S/c1-31(84-56(110)38(86-35(5)103)10-6-22-81-69(75)76)54(108)87-39(11-7-23-82-70(77)78)57(111)90-42(12-8-24-83-71(79)80)67(121)98-25-9-13-48(98)64(118)94-46(29-100)63(117)92-44(27-51(74)107)61(115)97-53(34(4)102)66(120)89-41(19-21-50(73)106)59(113)96-52(33(3)101)65(119)88-40(18-20-49(72)105)58(112)91-43(26-36-14-16-37(104)17-15-36)60(114)93-45(28-99)62(116)85-32(2)55(109)95-47(30-124)68(122)123/h14-17,31-34,38-48,52-53,99-102,104,124H,6-13,18-30H2,1-5H3,(H2,72,105)(H2,73,106)(H2,74,107)(H,84,110)(H,85,116)(H,86,103)(H,87,108)(H,88,119)(H,89,120)(H,90,111)(H,91,112)(H,92,117)(H,93,114)(H,94,118)(H,95,109)(H,96,113)(H,97,115)(H,122,123)(H4,75,76,81)(H4,77,78,82)(H4,79,80,83)/t31-,32-,33+,34+,38-,39-,40-,41-,42-,43-,44-,45-,46-,47-,48-,52-,53-/m0/s1. The van der Waals surface area contributed by atoms with Gasteiger partial charge in [0.05, 0.1) is 31.8 Å². The topological polar surface area (TPSA) is 881 Å². The van der Waals surface area contributed by atoms with Gasteiger partial charge < -0.3 is 160 Å². The highest BCUT2D eigenvalue weighted by atomic mass is 32.1. The van der Waals surface area contributed by atoms with Gasteiger partial charge in [-0.25, -0.2) is 4.79 Å². The number of primary amides is 3. The lowest BCUT2D eigenvalue weighted by Crippen LogP contribution is -2.63. The number of aromatic hydroxyl groups is 1. The van der Waals surface area contributed by atoms with Crippen molar-refractivity contribution in [1.82, 2.24) is 95.3 Å². The first-order valence-corrected chi connectivity index (χ1v) is 39.6. The van der Waals surface area contributed by atoms with E-state index in [2.05, 4.69) is 103 Å². The molecule has 0 unspecified atom stereocenters. The Bertz CT molecular complexity index is 3960. The van der Waals surface area contributed by atoms with Crippen molar-refractivity contribution in [3.8, 4) is 5.75 Å². The molecule has 0 saturated carbocycles. The van der Waals surface area contributed by atoms with E-state index in [-0.39, 0.29) is 101 Å². The van der Waals surface area contributed by atoms with Gasteiger partial charge in [-0.3, -0.25) is 103 Å². The van der Waals surface area contributed by atoms with Crippen molar-refractivity contribution in [3.05, 3.63) is 29.8 Å². The van der Waals surface area contributed by atoms with Crippen molar-refractivity contribution in [1.29, 1.82) is 16.2 Å². The number of benzene rings is 1. The minimum atomic E-state index is -2.20. The number of amides is 18. The van der Waals surface area contributed by atoms with Crippen LogP contribution >= 0.6 is 12.6 Å². The van der Waals surface area contributed by atoms with E-state index in [1.54, 1.807) is 0 Å². The number of carboxylic acids is 1. The van der Waals surface area contributed by atoms with E-state index in [1.165, 1.54) is 31.2 Å². The van der Waals surface area contributed by atoms with Crippen LogP contribution in [0.1, 0.15) is 124 Å². The summed E-state index contributed by atoms with van der Waals surface area (Å²) in [4.78, 5) is 257. The number of nitrogens with zero attached hydrogens (tertiary/aromatic N) is 1. The Morgan fingerprint density at radius 1 is 0.435 bits per heavy atom. The van der Waals surface area contributed by atoms with Crippen LogP contribution in [0.3, 0.4) is 0 Å². The van der Waals surface area contributed by atoms with Gasteiger partial charge in [-0.05, 0) is 110 Å². The molecule has 17 atom stereocenters. The average Bonchev–Trinajstić information content (AvgIpc) is 1.75. The number of carbonyl (C=O) groups is 19. The lowest BCUT2D eigenvalue weighted by Gasteiger charge is -2.31. The van der Waals surface area contributed by atoms with E-state index >= 15 is 0 Å². The van der Waals surface area contributed by atoms with Gasteiger partial charge in [0, 0.05) is 58.1 Å². The molecule has 53 heteroatoms. The van der Waals surface area contributed by atoms with Gasteiger partial charge in [-0.1, -0.05) is 12.1 Å². The Morgan fingerprint density at radius 2 is 0.782 bits per heavy atom. The summed E-state index contributed by atoms with van der Waals surface area (Å²) in [5.74, 6) is -23.8. The fraction of sp³-hybridized carbons (Fsp3) is 0.606. The number of carbonyl (C=O) groups excluding carboxylic acids is 18. The number of thiol groups is 1. The Balaban J connectivity index is 2.48. The van der Waals surface area contributed by atoms with Crippen LogP contribution < -0.4 is 125 Å². The molecule has 0 aliphatic carbocycles. The molecule has 18 amide bonds. The summed E-state index contributed by atoms with van der Waals surface area (Å²) >= 11 is 3.86. The molecule has 38 N–H and O–H groups in total. The van der Waals surface area contributed by atoms with E-state index < -0.39 is 279 Å². The number of phenolic OH excluding ortho intramolecular Hbond substituents is 1. The Kier molecular flexibility index (Phi) is 46.9. The third-order valence-electron chi connectivity index (χ3n) is 18.5. The second-order valence-electron chi connectivity index (χ2n) is 28.8. The summed E-state index contributed by atoms with van der Waals surface area (Å²) in [5.41, 5.74) is 32.7. The zero-order valence-corrected chi connectivity index (χ0v) is 69.7. The van der Waals surface area contributed by atoms with Crippen molar-refractivity contribution in [2.45, 2.75) is 227 Å². The summed E-state index contributed by atoms with van der Waals surface area (Å²) < 4.78 is 0. The van der Waals surface area contributed by atoms with E-state index in [0.29, 0.717) is 0 Å². The van der Waals surface area contributed by atoms with Crippen LogP contribution in [0.25, 0.3) is 0 Å². The Hall–Kier alpha value is -13.0. The van der Waals surface area contributed by atoms with E-state index in [4.69, 9.17) is 50.6 Å². The fourth-order valence-corrected chi connectivity index (χ4v) is 12.1. The number of hydrogen-bond donors (Lipinski definition) is 33. The molecular formula is C71H117N27O25S. The van der Waals surface area contributed by atoms with Gasteiger partial charge in [-0.2, -0.15) is 12.6 Å². The van der Waals surface area contributed by atoms with E-state index in [0.717, 1.165) is 32.6 Å². The molecule has 0 aromatic heterocycles. The molecule has 0 bridgehead atoms. The first kappa shape index (κ1) is 107. The first-order chi connectivity index (χ1) is 58.1. The lowest BCUT2D eigenvalue weighted by atomic mass is 10.0. The van der Waals surface area contributed by atoms with E-state index in [9.17, 15) is 122 Å². The molecule has 2 rings (SSSR count). The molecular weight excluding hydrogens is 1660 g/mol. The zero-order chi connectivity index (χ0) is 93.9. The summed E-state index contributed by atoms with van der Waals surface area (Å²) in [6.45, 7) is 3.07. The maximum atomic E-state index is 14.7. The summed E-state index contributed by atoms with van der Waals surface area (Å²) in [5, 5.41) is 124. The highest BCUT2D eigenvalue weighted by Crippen LogP contribution is 2.21. The number of likely N-dealkylation sites (tertiary alicyclic amines) is 1. The number of nitrogens with two attached hydrogens (primary N) is 6. The van der Waals surface area contributed by atoms with Gasteiger partial charge in [-0.15, -0.1) is 0 Å². The molecule has 1 aromatic rings. The number of rotatable bonds is 56. The largest absolute Gasteiger partial charge is 0.508 e. The second kappa shape index (κ2) is 54.4. The van der Waals surface area contributed by atoms with E-state index in [1.807, 2.05) is 0 Å². The van der Waals surface area contributed by atoms with Crippen molar-refractivity contribution in [3.63, 3.8) is 0 Å². The SMILES string of the molecule is CC(=O)N[C@@H](CCCNC(=N)N)C(=O)N[C@@H](C)C(=O)N[C@@H](CCCNC(=N)N)C(=O)N[C@@H](CCCNC(=N)N)C(=O)N1CCC[C@H]1C(=O)N[C@@H](CO)C(=O)N[C@@H](CC(N)=O)C(=O)N[C@H](C(=O)N[C@@H](CCC(N)=O)C(=O)N[C@H](C(=O)N[C@@H](CCC(N)=O)C(=O)N[C@@H](Cc1ccc(O)cc1)C(=O)N[C@@H](CO)C(=O)N[C@@H](C)C(=O)N[C@@H](CS)C(=O)O)[C@@H](C)O)[C@@H](C)O. The van der Waals surface area contributed by atoms with Crippen LogP contribution in [-0.2, 0) is 97.5 Å². The molecule has 1 aliphatic heterocycles. The third-order valence-corrected chi connectivity index (χ3v) is 18.8. The summed E-state index contributed by atoms with van der Waals surface area (Å²) in [6, 6.07) is -21.0. The molecule has 1 heterocycles. The van der Waals surface area contributed by atoms with Crippen LogP contribution in [0.2, 0.25) is 0 Å². The highest BCUT2D eigenvalue weighted by Gasteiger charge is 2.43. The minimum Gasteiger partial charge on any atom is -0.508 e.